The Kier molecular flexibility index (Phi) is 3.64. The topological polar surface area (TPSA) is 53.8 Å². The molecular weight excluding hydrogens is 280 g/mol. The standard InChI is InChI=1S/C17H20N2O3/c1-11-6-4-7-12-10-14(22-15(11)12)17(21)19-9-5-8-13(19)16(20)18(2)3/h4,6-7,10,13H,5,8-9H2,1-3H3. The second-order valence-corrected chi connectivity index (χ2v) is 5.99. The van der Waals surface area contributed by atoms with Crippen LogP contribution < -0.4 is 0 Å². The van der Waals surface area contributed by atoms with Crippen LogP contribution >= 0.6 is 0 Å². The molecule has 1 aromatic carbocycles. The van der Waals surface area contributed by atoms with Crippen LogP contribution in [0, 0.1) is 6.92 Å². The van der Waals surface area contributed by atoms with Crippen LogP contribution in [0.15, 0.2) is 28.7 Å². The third-order valence-corrected chi connectivity index (χ3v) is 4.19. The van der Waals surface area contributed by atoms with Gasteiger partial charge in [-0.3, -0.25) is 9.59 Å². The minimum atomic E-state index is -0.378. The largest absolute Gasteiger partial charge is 0.451 e. The van der Waals surface area contributed by atoms with Crippen LogP contribution in [0.1, 0.15) is 29.0 Å². The van der Waals surface area contributed by atoms with E-state index in [0.29, 0.717) is 18.7 Å². The van der Waals surface area contributed by atoms with Crippen molar-refractivity contribution in [3.05, 3.63) is 35.6 Å². The molecule has 1 fully saturated rings. The maximum absolute atomic E-state index is 12.7. The van der Waals surface area contributed by atoms with Crippen molar-refractivity contribution in [1.29, 1.82) is 0 Å². The summed E-state index contributed by atoms with van der Waals surface area (Å²) in [7, 11) is 3.43. The highest BCUT2D eigenvalue weighted by atomic mass is 16.3. The Morgan fingerprint density at radius 3 is 2.77 bits per heavy atom. The molecule has 1 aliphatic heterocycles. The summed E-state index contributed by atoms with van der Waals surface area (Å²) in [6, 6.07) is 7.20. The molecule has 1 aromatic heterocycles. The molecule has 2 aromatic rings. The summed E-state index contributed by atoms with van der Waals surface area (Å²) in [5, 5.41) is 0.915. The van der Waals surface area contributed by atoms with Gasteiger partial charge in [-0.05, 0) is 31.4 Å². The zero-order chi connectivity index (χ0) is 15.9. The molecule has 5 nitrogen and oxygen atoms in total. The molecule has 0 radical (unpaired) electrons. The van der Waals surface area contributed by atoms with E-state index in [0.717, 1.165) is 23.0 Å². The Hall–Kier alpha value is -2.30. The summed E-state index contributed by atoms with van der Waals surface area (Å²) in [4.78, 5) is 28.1. The first kappa shape index (κ1) is 14.6. The number of furan rings is 1. The smallest absolute Gasteiger partial charge is 0.290 e. The summed E-state index contributed by atoms with van der Waals surface area (Å²) in [5.74, 6) is 0.0780. The minimum absolute atomic E-state index is 0.0295. The summed E-state index contributed by atoms with van der Waals surface area (Å²) in [6.45, 7) is 2.55. The Morgan fingerprint density at radius 2 is 2.09 bits per heavy atom. The van der Waals surface area contributed by atoms with E-state index >= 15 is 0 Å². The number of likely N-dealkylation sites (N-methyl/N-ethyl adjacent to an activating group) is 1. The van der Waals surface area contributed by atoms with E-state index in [4.69, 9.17) is 4.42 Å². The Morgan fingerprint density at radius 1 is 1.32 bits per heavy atom. The number of likely N-dealkylation sites (tertiary alicyclic amines) is 1. The number of aryl methyl sites for hydroxylation is 1. The van der Waals surface area contributed by atoms with Crippen LogP contribution in [0.2, 0.25) is 0 Å². The molecule has 116 valence electrons. The fourth-order valence-electron chi connectivity index (χ4n) is 3.02. The fourth-order valence-corrected chi connectivity index (χ4v) is 3.02. The monoisotopic (exact) mass is 300 g/mol. The third kappa shape index (κ3) is 2.36. The quantitative estimate of drug-likeness (QED) is 0.856. The van der Waals surface area contributed by atoms with Crippen molar-refractivity contribution < 1.29 is 14.0 Å². The summed E-state index contributed by atoms with van der Waals surface area (Å²) >= 11 is 0. The lowest BCUT2D eigenvalue weighted by atomic mass is 10.1. The Balaban J connectivity index is 1.91. The third-order valence-electron chi connectivity index (χ3n) is 4.19. The second-order valence-electron chi connectivity index (χ2n) is 5.99. The maximum Gasteiger partial charge on any atom is 0.290 e. The number of carbonyl (C=O) groups is 2. The summed E-state index contributed by atoms with van der Waals surface area (Å²) in [5.41, 5.74) is 1.74. The number of benzene rings is 1. The van der Waals surface area contributed by atoms with E-state index in [1.54, 1.807) is 30.0 Å². The molecule has 0 aliphatic carbocycles. The number of hydrogen-bond acceptors (Lipinski definition) is 3. The van der Waals surface area contributed by atoms with E-state index in [1.807, 2.05) is 25.1 Å². The van der Waals surface area contributed by atoms with Gasteiger partial charge >= 0.3 is 0 Å². The number of para-hydroxylation sites is 1. The molecule has 1 atom stereocenters. The SMILES string of the molecule is Cc1cccc2cc(C(=O)N3CCCC3C(=O)N(C)C)oc12. The zero-order valence-corrected chi connectivity index (χ0v) is 13.1. The van der Waals surface area contributed by atoms with Crippen molar-refractivity contribution in [2.45, 2.75) is 25.8 Å². The first-order valence-electron chi connectivity index (χ1n) is 7.50. The van der Waals surface area contributed by atoms with Gasteiger partial charge in [0.25, 0.3) is 5.91 Å². The van der Waals surface area contributed by atoms with Crippen molar-refractivity contribution in [3.8, 4) is 0 Å². The maximum atomic E-state index is 12.7. The van der Waals surface area contributed by atoms with E-state index in [-0.39, 0.29) is 17.9 Å². The number of carbonyl (C=O) groups excluding carboxylic acids is 2. The van der Waals surface area contributed by atoms with E-state index in [2.05, 4.69) is 0 Å². The predicted octanol–water partition coefficient (Wildman–Crippen LogP) is 2.43. The van der Waals surface area contributed by atoms with Gasteiger partial charge in [0, 0.05) is 26.0 Å². The molecule has 22 heavy (non-hydrogen) atoms. The van der Waals surface area contributed by atoms with Crippen molar-refractivity contribution in [3.63, 3.8) is 0 Å². The van der Waals surface area contributed by atoms with Crippen LogP contribution in [-0.2, 0) is 4.79 Å². The first-order valence-corrected chi connectivity index (χ1v) is 7.50. The predicted molar refractivity (Wildman–Crippen MR) is 83.7 cm³/mol. The lowest BCUT2D eigenvalue weighted by Crippen LogP contribution is -2.45. The summed E-state index contributed by atoms with van der Waals surface area (Å²) in [6.07, 6.45) is 1.55. The molecule has 3 rings (SSSR count). The molecule has 5 heteroatoms. The van der Waals surface area contributed by atoms with Gasteiger partial charge in [-0.1, -0.05) is 18.2 Å². The highest BCUT2D eigenvalue weighted by molar-refractivity contribution is 5.99. The van der Waals surface area contributed by atoms with Gasteiger partial charge in [-0.25, -0.2) is 0 Å². The van der Waals surface area contributed by atoms with Gasteiger partial charge in [0.1, 0.15) is 11.6 Å². The van der Waals surface area contributed by atoms with E-state index < -0.39 is 0 Å². The van der Waals surface area contributed by atoms with Crippen LogP contribution in [0.3, 0.4) is 0 Å². The normalized spacial score (nSPS) is 18.0. The molecule has 1 unspecified atom stereocenters. The Labute approximate surface area is 129 Å². The van der Waals surface area contributed by atoms with Crippen molar-refractivity contribution in [2.75, 3.05) is 20.6 Å². The van der Waals surface area contributed by atoms with Crippen LogP contribution in [0.5, 0.6) is 0 Å². The highest BCUT2D eigenvalue weighted by Crippen LogP contribution is 2.26. The molecule has 2 heterocycles. The molecule has 0 saturated carbocycles. The van der Waals surface area contributed by atoms with Crippen molar-refractivity contribution in [2.24, 2.45) is 0 Å². The van der Waals surface area contributed by atoms with Gasteiger partial charge < -0.3 is 14.2 Å². The second kappa shape index (κ2) is 5.48. The number of nitrogens with zero attached hydrogens (tertiary/aromatic N) is 2. The number of rotatable bonds is 2. The lowest BCUT2D eigenvalue weighted by molar-refractivity contribution is -0.132. The molecule has 0 spiro atoms. The van der Waals surface area contributed by atoms with Crippen molar-refractivity contribution >= 4 is 22.8 Å². The average molecular weight is 300 g/mol. The number of hydrogen-bond donors (Lipinski definition) is 0. The van der Waals surface area contributed by atoms with Crippen LogP contribution in [-0.4, -0.2) is 48.3 Å². The van der Waals surface area contributed by atoms with Gasteiger partial charge in [0.2, 0.25) is 5.91 Å². The molecule has 1 saturated heterocycles. The molecule has 2 amide bonds. The van der Waals surface area contributed by atoms with Gasteiger partial charge in [-0.15, -0.1) is 0 Å². The zero-order valence-electron chi connectivity index (χ0n) is 13.1. The first-order chi connectivity index (χ1) is 10.5. The number of fused-ring (bicyclic) bond motifs is 1. The molecule has 1 aliphatic rings. The average Bonchev–Trinajstić information content (AvgIpc) is 3.13. The van der Waals surface area contributed by atoms with Crippen LogP contribution in [0.25, 0.3) is 11.0 Å². The fraction of sp³-hybridized carbons (Fsp3) is 0.412. The molecule has 0 N–H and O–H groups in total. The van der Waals surface area contributed by atoms with E-state index in [9.17, 15) is 9.59 Å². The highest BCUT2D eigenvalue weighted by Gasteiger charge is 2.36. The lowest BCUT2D eigenvalue weighted by Gasteiger charge is -2.25. The summed E-state index contributed by atoms with van der Waals surface area (Å²) < 4.78 is 5.75. The number of amides is 2. The Bertz CT molecular complexity index is 733. The molecule has 0 bridgehead atoms. The van der Waals surface area contributed by atoms with Crippen molar-refractivity contribution in [1.82, 2.24) is 9.80 Å². The van der Waals surface area contributed by atoms with E-state index in [1.165, 1.54) is 0 Å². The van der Waals surface area contributed by atoms with Gasteiger partial charge in [0.05, 0.1) is 0 Å². The van der Waals surface area contributed by atoms with Gasteiger partial charge in [0.15, 0.2) is 5.76 Å². The van der Waals surface area contributed by atoms with Gasteiger partial charge in [-0.2, -0.15) is 0 Å². The van der Waals surface area contributed by atoms with Crippen LogP contribution in [0.4, 0.5) is 0 Å². The molecular formula is C17H20N2O3. The minimum Gasteiger partial charge on any atom is -0.451 e.